The van der Waals surface area contributed by atoms with E-state index in [0.717, 1.165) is 21.9 Å². The summed E-state index contributed by atoms with van der Waals surface area (Å²) in [5.74, 6) is 0.192. The number of aromatic nitrogens is 4. The van der Waals surface area contributed by atoms with E-state index in [-0.39, 0.29) is 5.78 Å². The lowest BCUT2D eigenvalue weighted by Gasteiger charge is -2.00. The van der Waals surface area contributed by atoms with E-state index in [9.17, 15) is 4.79 Å². The lowest BCUT2D eigenvalue weighted by molar-refractivity contribution is -0.114. The number of imidazole rings is 1. The zero-order valence-corrected chi connectivity index (χ0v) is 9.12. The number of carbonyl (C=O) groups is 1. The Labute approximate surface area is 95.4 Å². The lowest BCUT2D eigenvalue weighted by atomic mass is 10.3. The molecule has 0 saturated heterocycles. The van der Waals surface area contributed by atoms with Crippen LogP contribution in [-0.4, -0.2) is 25.7 Å². The highest BCUT2D eigenvalue weighted by Crippen LogP contribution is 2.34. The summed E-state index contributed by atoms with van der Waals surface area (Å²) in [6, 6.07) is 0. The highest BCUT2D eigenvalue weighted by Gasteiger charge is 2.15. The van der Waals surface area contributed by atoms with Gasteiger partial charge in [0, 0.05) is 6.42 Å². The maximum Gasteiger partial charge on any atom is 0.181 e. The lowest BCUT2D eigenvalue weighted by Crippen LogP contribution is -1.85. The van der Waals surface area contributed by atoms with E-state index >= 15 is 0 Å². The third-order valence-corrected chi connectivity index (χ3v) is 3.44. The van der Waals surface area contributed by atoms with Crippen LogP contribution in [0.1, 0.15) is 12.8 Å². The first kappa shape index (κ1) is 9.53. The maximum atomic E-state index is 11.1. The van der Waals surface area contributed by atoms with Gasteiger partial charge in [-0.1, -0.05) is 11.8 Å². The van der Waals surface area contributed by atoms with Crippen LogP contribution in [0.5, 0.6) is 0 Å². The van der Waals surface area contributed by atoms with Gasteiger partial charge < -0.3 is 4.98 Å². The first-order valence-corrected chi connectivity index (χ1v) is 5.70. The van der Waals surface area contributed by atoms with Crippen LogP contribution >= 0.6 is 11.8 Å². The van der Waals surface area contributed by atoms with Crippen molar-refractivity contribution in [1.29, 1.82) is 0 Å². The van der Waals surface area contributed by atoms with Crippen molar-refractivity contribution in [3.63, 3.8) is 0 Å². The van der Waals surface area contributed by atoms with E-state index in [1.165, 1.54) is 18.1 Å². The summed E-state index contributed by atoms with van der Waals surface area (Å²) in [5, 5.41) is 0.823. The summed E-state index contributed by atoms with van der Waals surface area (Å²) in [5.41, 5.74) is 1.48. The van der Waals surface area contributed by atoms with Gasteiger partial charge in [0.2, 0.25) is 0 Å². The fourth-order valence-electron chi connectivity index (χ4n) is 1.60. The number of hydrogen-bond acceptors (Lipinski definition) is 5. The Morgan fingerprint density at radius 3 is 3.00 bits per heavy atom. The van der Waals surface area contributed by atoms with Crippen LogP contribution in [0.4, 0.5) is 0 Å². The fourth-order valence-corrected chi connectivity index (χ4v) is 2.59. The molecule has 0 radical (unpaired) electrons. The van der Waals surface area contributed by atoms with Crippen molar-refractivity contribution in [3.05, 3.63) is 23.6 Å². The van der Waals surface area contributed by atoms with Crippen molar-refractivity contribution < 1.29 is 4.79 Å². The van der Waals surface area contributed by atoms with Crippen molar-refractivity contribution in [3.8, 4) is 0 Å². The van der Waals surface area contributed by atoms with E-state index < -0.39 is 0 Å². The largest absolute Gasteiger partial charge is 0.341 e. The first-order chi connectivity index (χ1) is 7.83. The average Bonchev–Trinajstić information content (AvgIpc) is 2.87. The van der Waals surface area contributed by atoms with Crippen molar-refractivity contribution in [1.82, 2.24) is 19.9 Å². The van der Waals surface area contributed by atoms with Gasteiger partial charge in [0.15, 0.2) is 11.4 Å². The predicted molar refractivity (Wildman–Crippen MR) is 59.9 cm³/mol. The topological polar surface area (TPSA) is 71.5 Å². The second-order valence-electron chi connectivity index (χ2n) is 3.46. The van der Waals surface area contributed by atoms with Gasteiger partial charge in [-0.25, -0.2) is 15.0 Å². The molecular weight excluding hydrogens is 224 g/mol. The van der Waals surface area contributed by atoms with Crippen LogP contribution in [0.25, 0.3) is 11.2 Å². The Kier molecular flexibility index (Phi) is 2.21. The Balaban J connectivity index is 1.97. The van der Waals surface area contributed by atoms with Gasteiger partial charge in [-0.05, 0) is 17.4 Å². The number of aromatic amines is 1. The van der Waals surface area contributed by atoms with Crippen LogP contribution in [0.2, 0.25) is 0 Å². The summed E-state index contributed by atoms with van der Waals surface area (Å²) in [6.07, 6.45) is 6.19. The van der Waals surface area contributed by atoms with Crippen molar-refractivity contribution in [2.75, 3.05) is 0 Å². The Hall–Kier alpha value is -1.69. The van der Waals surface area contributed by atoms with E-state index in [2.05, 4.69) is 19.9 Å². The molecule has 0 bridgehead atoms. The SMILES string of the molecule is O=C1C=C(Sc2ncnc3nc[nH]c23)CC1. The molecule has 16 heavy (non-hydrogen) atoms. The minimum Gasteiger partial charge on any atom is -0.341 e. The van der Waals surface area contributed by atoms with Crippen LogP contribution < -0.4 is 0 Å². The molecule has 6 heteroatoms. The van der Waals surface area contributed by atoms with E-state index in [1.807, 2.05) is 0 Å². The number of nitrogens with zero attached hydrogens (tertiary/aromatic N) is 3. The molecule has 0 amide bonds. The molecule has 0 aromatic carbocycles. The average molecular weight is 232 g/mol. The molecule has 0 atom stereocenters. The second kappa shape index (κ2) is 3.71. The molecule has 1 N–H and O–H groups in total. The summed E-state index contributed by atoms with van der Waals surface area (Å²) in [4.78, 5) is 27.5. The number of thioether (sulfide) groups is 1. The molecule has 3 rings (SSSR count). The molecule has 0 spiro atoms. The van der Waals surface area contributed by atoms with Gasteiger partial charge in [0.05, 0.1) is 6.33 Å². The highest BCUT2D eigenvalue weighted by molar-refractivity contribution is 8.03. The molecule has 1 aliphatic rings. The third kappa shape index (κ3) is 1.61. The Morgan fingerprint density at radius 1 is 1.25 bits per heavy atom. The van der Waals surface area contributed by atoms with Gasteiger partial charge in [-0.15, -0.1) is 0 Å². The summed E-state index contributed by atoms with van der Waals surface area (Å²) >= 11 is 1.51. The normalized spacial score (nSPS) is 15.8. The second-order valence-corrected chi connectivity index (χ2v) is 4.57. The fraction of sp³-hybridized carbons (Fsp3) is 0.200. The van der Waals surface area contributed by atoms with Gasteiger partial charge >= 0.3 is 0 Å². The van der Waals surface area contributed by atoms with Crippen LogP contribution in [0.15, 0.2) is 28.7 Å². The Bertz CT molecular complexity index is 589. The van der Waals surface area contributed by atoms with E-state index in [1.54, 1.807) is 12.4 Å². The zero-order valence-electron chi connectivity index (χ0n) is 8.30. The van der Waals surface area contributed by atoms with Crippen LogP contribution in [-0.2, 0) is 4.79 Å². The molecule has 2 aromatic heterocycles. The minimum absolute atomic E-state index is 0.192. The van der Waals surface area contributed by atoms with E-state index in [4.69, 9.17) is 0 Å². The van der Waals surface area contributed by atoms with Gasteiger partial charge in [0.25, 0.3) is 0 Å². The smallest absolute Gasteiger partial charge is 0.181 e. The molecule has 0 aliphatic heterocycles. The molecule has 5 nitrogen and oxygen atoms in total. The van der Waals surface area contributed by atoms with Gasteiger partial charge in [0.1, 0.15) is 16.9 Å². The predicted octanol–water partition coefficient (Wildman–Crippen LogP) is 1.69. The third-order valence-electron chi connectivity index (χ3n) is 2.36. The van der Waals surface area contributed by atoms with Crippen LogP contribution in [0.3, 0.4) is 0 Å². The minimum atomic E-state index is 0.192. The molecule has 80 valence electrons. The molecule has 2 heterocycles. The van der Waals surface area contributed by atoms with Crippen molar-refractivity contribution >= 4 is 28.7 Å². The number of fused-ring (bicyclic) bond motifs is 1. The molecule has 0 unspecified atom stereocenters. The van der Waals surface area contributed by atoms with Crippen molar-refractivity contribution in [2.45, 2.75) is 17.9 Å². The summed E-state index contributed by atoms with van der Waals surface area (Å²) in [6.45, 7) is 0. The number of hydrogen-bond donors (Lipinski definition) is 1. The molecule has 1 aliphatic carbocycles. The molecule has 0 fully saturated rings. The number of allylic oxidation sites excluding steroid dienone is 2. The summed E-state index contributed by atoms with van der Waals surface area (Å²) in [7, 11) is 0. The number of nitrogens with one attached hydrogen (secondary N) is 1. The molecule has 0 saturated carbocycles. The Morgan fingerprint density at radius 2 is 2.19 bits per heavy atom. The van der Waals surface area contributed by atoms with Gasteiger partial charge in [-0.2, -0.15) is 0 Å². The monoisotopic (exact) mass is 232 g/mol. The number of H-pyrrole nitrogens is 1. The number of rotatable bonds is 2. The van der Waals surface area contributed by atoms with Crippen molar-refractivity contribution in [2.24, 2.45) is 0 Å². The maximum absolute atomic E-state index is 11.1. The molecule has 2 aromatic rings. The standard InChI is InChI=1S/C10H8N4OS/c15-6-1-2-7(3-6)16-10-8-9(12-4-11-8)13-5-14-10/h3-5H,1-2H2,(H,11,12,13,14). The van der Waals surface area contributed by atoms with E-state index in [0.29, 0.717) is 12.1 Å². The number of carbonyl (C=O) groups excluding carboxylic acids is 1. The zero-order chi connectivity index (χ0) is 11.0. The quantitative estimate of drug-likeness (QED) is 0.798. The molecular formula is C10H8N4OS. The number of ketones is 1. The van der Waals surface area contributed by atoms with Crippen LogP contribution in [0, 0.1) is 0 Å². The highest BCUT2D eigenvalue weighted by atomic mass is 32.2. The first-order valence-electron chi connectivity index (χ1n) is 4.88. The van der Waals surface area contributed by atoms with Gasteiger partial charge in [-0.3, -0.25) is 4.79 Å². The summed E-state index contributed by atoms with van der Waals surface area (Å²) < 4.78 is 0.